The standard InChI is InChI=1S/C16H19N5OS/c22-16(14-7-17-2-3-18-14)21-5-1-12-8-20(9-13(12)10-21)11-15-19-4-6-23-15/h2-4,6-7,12-13H,1,5,8-11H2/t12-,13-/m1/s1. The van der Waals surface area contributed by atoms with Gasteiger partial charge in [-0.25, -0.2) is 9.97 Å². The van der Waals surface area contributed by atoms with Crippen molar-refractivity contribution < 1.29 is 4.79 Å². The molecule has 2 aromatic heterocycles. The van der Waals surface area contributed by atoms with Gasteiger partial charge in [0.05, 0.1) is 12.7 Å². The van der Waals surface area contributed by atoms with E-state index in [-0.39, 0.29) is 5.91 Å². The van der Waals surface area contributed by atoms with Crippen molar-refractivity contribution in [3.63, 3.8) is 0 Å². The molecule has 2 saturated heterocycles. The van der Waals surface area contributed by atoms with Gasteiger partial charge in [0.2, 0.25) is 0 Å². The van der Waals surface area contributed by atoms with E-state index in [1.165, 1.54) is 5.01 Å². The highest BCUT2D eigenvalue weighted by Gasteiger charge is 2.38. The van der Waals surface area contributed by atoms with Gasteiger partial charge in [-0.05, 0) is 18.3 Å². The molecule has 0 unspecified atom stereocenters. The number of piperidine rings is 1. The molecule has 2 aliphatic heterocycles. The summed E-state index contributed by atoms with van der Waals surface area (Å²) in [7, 11) is 0. The largest absolute Gasteiger partial charge is 0.337 e. The van der Waals surface area contributed by atoms with Gasteiger partial charge in [-0.1, -0.05) is 0 Å². The van der Waals surface area contributed by atoms with E-state index in [1.807, 2.05) is 16.5 Å². The van der Waals surface area contributed by atoms with Crippen LogP contribution in [-0.2, 0) is 6.54 Å². The summed E-state index contributed by atoms with van der Waals surface area (Å²) in [5.41, 5.74) is 0.448. The molecule has 6 nitrogen and oxygen atoms in total. The predicted octanol–water partition coefficient (Wildman–Crippen LogP) is 1.53. The summed E-state index contributed by atoms with van der Waals surface area (Å²) in [5, 5.41) is 3.20. The molecule has 4 heterocycles. The summed E-state index contributed by atoms with van der Waals surface area (Å²) in [4.78, 5) is 29.5. The van der Waals surface area contributed by atoms with Crippen LogP contribution in [0.4, 0.5) is 0 Å². The number of amides is 1. The number of rotatable bonds is 3. The first-order valence-electron chi connectivity index (χ1n) is 7.95. The van der Waals surface area contributed by atoms with Gasteiger partial charge in [-0.15, -0.1) is 11.3 Å². The predicted molar refractivity (Wildman–Crippen MR) is 86.9 cm³/mol. The van der Waals surface area contributed by atoms with E-state index >= 15 is 0 Å². The second-order valence-electron chi connectivity index (χ2n) is 6.27. The van der Waals surface area contributed by atoms with Crippen LogP contribution in [0, 0.1) is 11.8 Å². The first-order valence-corrected chi connectivity index (χ1v) is 8.83. The Balaban J connectivity index is 1.39. The lowest BCUT2D eigenvalue weighted by atomic mass is 9.88. The van der Waals surface area contributed by atoms with Gasteiger partial charge >= 0.3 is 0 Å². The molecule has 2 aromatic rings. The molecule has 0 aromatic carbocycles. The molecule has 7 heteroatoms. The molecule has 23 heavy (non-hydrogen) atoms. The van der Waals surface area contributed by atoms with Crippen LogP contribution in [0.15, 0.2) is 30.2 Å². The van der Waals surface area contributed by atoms with Crippen LogP contribution in [0.25, 0.3) is 0 Å². The fraction of sp³-hybridized carbons (Fsp3) is 0.500. The lowest BCUT2D eigenvalue weighted by Gasteiger charge is -2.34. The average Bonchev–Trinajstić information content (AvgIpc) is 3.23. The average molecular weight is 329 g/mol. The monoisotopic (exact) mass is 329 g/mol. The van der Waals surface area contributed by atoms with E-state index in [4.69, 9.17) is 0 Å². The van der Waals surface area contributed by atoms with Crippen molar-refractivity contribution in [1.82, 2.24) is 24.8 Å². The summed E-state index contributed by atoms with van der Waals surface area (Å²) in [5.74, 6) is 1.26. The molecule has 0 N–H and O–H groups in total. The maximum Gasteiger partial charge on any atom is 0.274 e. The number of fused-ring (bicyclic) bond motifs is 1. The van der Waals surface area contributed by atoms with E-state index in [2.05, 4.69) is 19.9 Å². The first-order chi connectivity index (χ1) is 11.3. The number of nitrogens with zero attached hydrogens (tertiary/aromatic N) is 5. The van der Waals surface area contributed by atoms with Gasteiger partial charge in [0.1, 0.15) is 10.7 Å². The second-order valence-corrected chi connectivity index (χ2v) is 7.25. The van der Waals surface area contributed by atoms with Crippen molar-refractivity contribution in [1.29, 1.82) is 0 Å². The molecular weight excluding hydrogens is 310 g/mol. The quantitative estimate of drug-likeness (QED) is 0.854. The molecule has 0 saturated carbocycles. The van der Waals surface area contributed by atoms with E-state index < -0.39 is 0 Å². The van der Waals surface area contributed by atoms with Crippen LogP contribution in [0.5, 0.6) is 0 Å². The number of thiazole rings is 1. The normalized spacial score (nSPS) is 24.6. The van der Waals surface area contributed by atoms with Crippen LogP contribution in [0.1, 0.15) is 21.9 Å². The SMILES string of the molecule is O=C(c1cnccn1)N1CC[C@@H]2CN(Cc3nccs3)C[C@@H]2C1. The highest BCUT2D eigenvalue weighted by Crippen LogP contribution is 2.32. The van der Waals surface area contributed by atoms with Gasteiger partial charge in [-0.3, -0.25) is 14.7 Å². The molecule has 0 aliphatic carbocycles. The van der Waals surface area contributed by atoms with Crippen molar-refractivity contribution in [2.75, 3.05) is 26.2 Å². The summed E-state index contributed by atoms with van der Waals surface area (Å²) in [6, 6.07) is 0. The minimum absolute atomic E-state index is 0.00919. The summed E-state index contributed by atoms with van der Waals surface area (Å²) >= 11 is 1.71. The Morgan fingerprint density at radius 2 is 2.09 bits per heavy atom. The van der Waals surface area contributed by atoms with Gasteiger partial charge in [-0.2, -0.15) is 0 Å². The van der Waals surface area contributed by atoms with Crippen LogP contribution in [-0.4, -0.2) is 56.8 Å². The number of hydrogen-bond acceptors (Lipinski definition) is 6. The Hall–Kier alpha value is -1.86. The maximum atomic E-state index is 12.5. The molecule has 2 fully saturated rings. The number of carbonyl (C=O) groups is 1. The van der Waals surface area contributed by atoms with Crippen molar-refractivity contribution in [3.05, 3.63) is 40.9 Å². The molecule has 2 atom stereocenters. The Morgan fingerprint density at radius 3 is 2.87 bits per heavy atom. The third-order valence-corrected chi connectivity index (χ3v) is 5.55. The summed E-state index contributed by atoms with van der Waals surface area (Å²) in [6.07, 6.45) is 7.66. The number of likely N-dealkylation sites (tertiary alicyclic amines) is 2. The van der Waals surface area contributed by atoms with E-state index in [9.17, 15) is 4.79 Å². The van der Waals surface area contributed by atoms with Gasteiger partial charge in [0.15, 0.2) is 0 Å². The lowest BCUT2D eigenvalue weighted by Crippen LogP contribution is -2.43. The second kappa shape index (κ2) is 6.33. The summed E-state index contributed by atoms with van der Waals surface area (Å²) < 4.78 is 0. The topological polar surface area (TPSA) is 62.2 Å². The first kappa shape index (κ1) is 14.7. The molecule has 0 spiro atoms. The Kier molecular flexibility index (Phi) is 4.05. The zero-order valence-electron chi connectivity index (χ0n) is 12.8. The third kappa shape index (κ3) is 3.11. The molecule has 0 bridgehead atoms. The number of hydrogen-bond donors (Lipinski definition) is 0. The molecule has 4 rings (SSSR count). The van der Waals surface area contributed by atoms with Crippen molar-refractivity contribution >= 4 is 17.2 Å². The number of aromatic nitrogens is 3. The molecule has 1 amide bonds. The van der Waals surface area contributed by atoms with Crippen LogP contribution < -0.4 is 0 Å². The van der Waals surface area contributed by atoms with Gasteiger partial charge in [0.25, 0.3) is 5.91 Å². The molecule has 0 radical (unpaired) electrons. The van der Waals surface area contributed by atoms with Crippen molar-refractivity contribution in [2.45, 2.75) is 13.0 Å². The Labute approximate surface area is 139 Å². The van der Waals surface area contributed by atoms with Gasteiger partial charge in [0, 0.05) is 50.1 Å². The minimum atomic E-state index is 0.00919. The maximum absolute atomic E-state index is 12.5. The lowest BCUT2D eigenvalue weighted by molar-refractivity contribution is 0.0635. The molecule has 2 aliphatic rings. The van der Waals surface area contributed by atoms with Crippen LogP contribution in [0.2, 0.25) is 0 Å². The van der Waals surface area contributed by atoms with Gasteiger partial charge < -0.3 is 4.90 Å². The Morgan fingerprint density at radius 1 is 1.17 bits per heavy atom. The fourth-order valence-corrected chi connectivity index (χ4v) is 4.33. The number of carbonyl (C=O) groups excluding carboxylic acids is 1. The zero-order chi connectivity index (χ0) is 15.6. The van der Waals surface area contributed by atoms with Crippen molar-refractivity contribution in [3.8, 4) is 0 Å². The minimum Gasteiger partial charge on any atom is -0.337 e. The Bertz CT molecular complexity index is 662. The molecule has 120 valence electrons. The van der Waals surface area contributed by atoms with Crippen LogP contribution >= 0.6 is 11.3 Å². The zero-order valence-corrected chi connectivity index (χ0v) is 13.7. The fourth-order valence-electron chi connectivity index (χ4n) is 3.67. The smallest absolute Gasteiger partial charge is 0.274 e. The molecular formula is C16H19N5OS. The van der Waals surface area contributed by atoms with Crippen molar-refractivity contribution in [2.24, 2.45) is 11.8 Å². The highest BCUT2D eigenvalue weighted by atomic mass is 32.1. The van der Waals surface area contributed by atoms with E-state index in [1.54, 1.807) is 29.9 Å². The van der Waals surface area contributed by atoms with E-state index in [0.29, 0.717) is 17.5 Å². The third-order valence-electron chi connectivity index (χ3n) is 4.79. The highest BCUT2D eigenvalue weighted by molar-refractivity contribution is 7.09. The summed E-state index contributed by atoms with van der Waals surface area (Å²) in [6.45, 7) is 4.75. The van der Waals surface area contributed by atoms with Crippen LogP contribution in [0.3, 0.4) is 0 Å². The van der Waals surface area contributed by atoms with E-state index in [0.717, 1.165) is 39.1 Å².